The van der Waals surface area contributed by atoms with Gasteiger partial charge in [-0.1, -0.05) is 12.8 Å². The molecular formula is C13H23NO3S. The summed E-state index contributed by atoms with van der Waals surface area (Å²) in [7, 11) is 0. The third-order valence-electron chi connectivity index (χ3n) is 3.40. The minimum atomic E-state index is -0.787. The summed E-state index contributed by atoms with van der Waals surface area (Å²) >= 11 is 1.84. The number of thioether (sulfide) groups is 1. The van der Waals surface area contributed by atoms with Gasteiger partial charge in [0.25, 0.3) is 0 Å². The number of hydrogen-bond donors (Lipinski definition) is 2. The lowest BCUT2D eigenvalue weighted by molar-refractivity contribution is -0.137. The van der Waals surface area contributed by atoms with Gasteiger partial charge in [0.15, 0.2) is 0 Å². The minimum Gasteiger partial charge on any atom is -0.481 e. The van der Waals surface area contributed by atoms with Crippen molar-refractivity contribution in [3.63, 3.8) is 0 Å². The number of unbranched alkanes of at least 4 members (excludes halogenated alkanes) is 1. The normalized spacial score (nSPS) is 23.6. The second-order valence-electron chi connectivity index (χ2n) is 4.83. The molecule has 1 aliphatic rings. The zero-order valence-corrected chi connectivity index (χ0v) is 11.8. The van der Waals surface area contributed by atoms with Gasteiger partial charge in [-0.05, 0) is 31.9 Å². The van der Waals surface area contributed by atoms with Crippen molar-refractivity contribution in [2.45, 2.75) is 62.7 Å². The first-order chi connectivity index (χ1) is 8.63. The maximum atomic E-state index is 11.7. The molecule has 0 bridgehead atoms. The second kappa shape index (κ2) is 8.40. The van der Waals surface area contributed by atoms with Gasteiger partial charge in [0, 0.05) is 24.1 Å². The van der Waals surface area contributed by atoms with Gasteiger partial charge >= 0.3 is 5.97 Å². The Labute approximate surface area is 113 Å². The van der Waals surface area contributed by atoms with Crippen molar-refractivity contribution in [1.82, 2.24) is 5.32 Å². The van der Waals surface area contributed by atoms with Gasteiger partial charge < -0.3 is 10.4 Å². The highest BCUT2D eigenvalue weighted by molar-refractivity contribution is 7.99. The number of carbonyl (C=O) groups is 2. The smallest absolute Gasteiger partial charge is 0.303 e. The average molecular weight is 273 g/mol. The van der Waals surface area contributed by atoms with Crippen LogP contribution >= 0.6 is 11.8 Å². The first-order valence-corrected chi connectivity index (χ1v) is 7.96. The van der Waals surface area contributed by atoms with E-state index in [0.29, 0.717) is 30.6 Å². The summed E-state index contributed by atoms with van der Waals surface area (Å²) in [6.45, 7) is 0. The molecule has 1 amide bonds. The lowest BCUT2D eigenvalue weighted by Gasteiger charge is -2.30. The Kier molecular flexibility index (Phi) is 7.16. The van der Waals surface area contributed by atoms with Crippen molar-refractivity contribution in [2.75, 3.05) is 6.26 Å². The molecule has 4 nitrogen and oxygen atoms in total. The molecule has 0 heterocycles. The number of carboxylic acid groups (broad SMARTS) is 1. The zero-order valence-electron chi connectivity index (χ0n) is 11.0. The molecule has 1 rings (SSSR count). The van der Waals surface area contributed by atoms with Gasteiger partial charge in [0.2, 0.25) is 5.91 Å². The number of aliphatic carboxylic acids is 1. The monoisotopic (exact) mass is 273 g/mol. The summed E-state index contributed by atoms with van der Waals surface area (Å²) < 4.78 is 0. The van der Waals surface area contributed by atoms with Crippen molar-refractivity contribution >= 4 is 23.6 Å². The Bertz CT molecular complexity index is 283. The zero-order chi connectivity index (χ0) is 13.4. The summed E-state index contributed by atoms with van der Waals surface area (Å²) in [6, 6.07) is 0.306. The lowest BCUT2D eigenvalue weighted by Crippen LogP contribution is -2.43. The topological polar surface area (TPSA) is 66.4 Å². The Morgan fingerprint density at radius 3 is 2.56 bits per heavy atom. The average Bonchev–Trinajstić information content (AvgIpc) is 2.35. The Balaban J connectivity index is 2.19. The van der Waals surface area contributed by atoms with E-state index < -0.39 is 5.97 Å². The van der Waals surface area contributed by atoms with Gasteiger partial charge in [0.05, 0.1) is 0 Å². The largest absolute Gasteiger partial charge is 0.481 e. The van der Waals surface area contributed by atoms with Crippen LogP contribution in [0.15, 0.2) is 0 Å². The molecule has 0 aromatic heterocycles. The maximum Gasteiger partial charge on any atom is 0.303 e. The second-order valence-corrected chi connectivity index (χ2v) is 5.91. The third-order valence-corrected chi connectivity index (χ3v) is 4.57. The standard InChI is InChI=1S/C13H23NO3S/c1-18-11-7-3-2-6-10(11)14-12(15)8-4-5-9-13(16)17/h10-11H,2-9H2,1H3,(H,14,15)(H,16,17). The summed E-state index contributed by atoms with van der Waals surface area (Å²) in [5.41, 5.74) is 0. The Hall–Kier alpha value is -0.710. The molecule has 2 N–H and O–H groups in total. The maximum absolute atomic E-state index is 11.7. The van der Waals surface area contributed by atoms with Crippen LogP contribution in [0.1, 0.15) is 51.4 Å². The fraction of sp³-hybridized carbons (Fsp3) is 0.846. The van der Waals surface area contributed by atoms with E-state index in [1.165, 1.54) is 19.3 Å². The molecule has 1 saturated carbocycles. The predicted octanol–water partition coefficient (Wildman–Crippen LogP) is 2.42. The van der Waals surface area contributed by atoms with Gasteiger partial charge in [-0.25, -0.2) is 0 Å². The number of nitrogens with one attached hydrogen (secondary N) is 1. The summed E-state index contributed by atoms with van der Waals surface area (Å²) in [5.74, 6) is -0.712. The SMILES string of the molecule is CSC1CCCCC1NC(=O)CCCCC(=O)O. The van der Waals surface area contributed by atoms with Crippen LogP contribution < -0.4 is 5.32 Å². The molecule has 1 aliphatic carbocycles. The van der Waals surface area contributed by atoms with E-state index in [-0.39, 0.29) is 12.3 Å². The quantitative estimate of drug-likeness (QED) is 0.699. The molecule has 2 unspecified atom stereocenters. The molecule has 0 aromatic carbocycles. The highest BCUT2D eigenvalue weighted by Gasteiger charge is 2.25. The summed E-state index contributed by atoms with van der Waals surface area (Å²) in [4.78, 5) is 22.1. The molecule has 0 saturated heterocycles. The van der Waals surface area contributed by atoms with Gasteiger partial charge in [0.1, 0.15) is 0 Å². The van der Waals surface area contributed by atoms with Crippen molar-refractivity contribution in [3.05, 3.63) is 0 Å². The Morgan fingerprint density at radius 1 is 1.22 bits per heavy atom. The van der Waals surface area contributed by atoms with Crippen LogP contribution in [0.3, 0.4) is 0 Å². The number of rotatable bonds is 7. The van der Waals surface area contributed by atoms with Gasteiger partial charge in [-0.3, -0.25) is 9.59 Å². The van der Waals surface area contributed by atoms with E-state index in [0.717, 1.165) is 6.42 Å². The molecule has 0 radical (unpaired) electrons. The molecular weight excluding hydrogens is 250 g/mol. The number of carbonyl (C=O) groups excluding carboxylic acids is 1. The van der Waals surface area contributed by atoms with E-state index in [1.807, 2.05) is 11.8 Å². The number of hydrogen-bond acceptors (Lipinski definition) is 3. The number of amides is 1. The minimum absolute atomic E-state index is 0.0753. The fourth-order valence-electron chi connectivity index (χ4n) is 2.38. The molecule has 2 atom stereocenters. The third kappa shape index (κ3) is 5.76. The first kappa shape index (κ1) is 15.3. The first-order valence-electron chi connectivity index (χ1n) is 6.67. The fourth-order valence-corrected chi connectivity index (χ4v) is 3.32. The molecule has 0 aromatic rings. The number of carboxylic acids is 1. The van der Waals surface area contributed by atoms with Gasteiger partial charge in [-0.15, -0.1) is 0 Å². The molecule has 1 fully saturated rings. The van der Waals surface area contributed by atoms with Crippen molar-refractivity contribution in [3.8, 4) is 0 Å². The van der Waals surface area contributed by atoms with E-state index in [1.54, 1.807) is 0 Å². The lowest BCUT2D eigenvalue weighted by atomic mass is 9.94. The van der Waals surface area contributed by atoms with E-state index in [2.05, 4.69) is 11.6 Å². The van der Waals surface area contributed by atoms with Crippen LogP contribution in [-0.2, 0) is 9.59 Å². The highest BCUT2D eigenvalue weighted by Crippen LogP contribution is 2.27. The molecule has 0 aliphatic heterocycles. The predicted molar refractivity (Wildman–Crippen MR) is 73.8 cm³/mol. The molecule has 18 heavy (non-hydrogen) atoms. The van der Waals surface area contributed by atoms with Crippen LogP contribution in [-0.4, -0.2) is 34.5 Å². The Morgan fingerprint density at radius 2 is 1.89 bits per heavy atom. The van der Waals surface area contributed by atoms with E-state index in [9.17, 15) is 9.59 Å². The van der Waals surface area contributed by atoms with E-state index in [4.69, 9.17) is 5.11 Å². The highest BCUT2D eigenvalue weighted by atomic mass is 32.2. The summed E-state index contributed by atoms with van der Waals surface area (Å²) in [6.07, 6.45) is 8.67. The van der Waals surface area contributed by atoms with Crippen LogP contribution in [0.4, 0.5) is 0 Å². The van der Waals surface area contributed by atoms with Crippen LogP contribution in [0.25, 0.3) is 0 Å². The molecule has 104 valence electrons. The van der Waals surface area contributed by atoms with Crippen molar-refractivity contribution in [2.24, 2.45) is 0 Å². The van der Waals surface area contributed by atoms with Crippen LogP contribution in [0.2, 0.25) is 0 Å². The van der Waals surface area contributed by atoms with Crippen molar-refractivity contribution in [1.29, 1.82) is 0 Å². The van der Waals surface area contributed by atoms with Gasteiger partial charge in [-0.2, -0.15) is 11.8 Å². The molecule has 0 spiro atoms. The molecule has 5 heteroatoms. The van der Waals surface area contributed by atoms with Crippen LogP contribution in [0, 0.1) is 0 Å². The van der Waals surface area contributed by atoms with Crippen molar-refractivity contribution < 1.29 is 14.7 Å². The van der Waals surface area contributed by atoms with E-state index >= 15 is 0 Å². The summed E-state index contributed by atoms with van der Waals surface area (Å²) in [5, 5.41) is 12.1. The van der Waals surface area contributed by atoms with Crippen LogP contribution in [0.5, 0.6) is 0 Å².